The lowest BCUT2D eigenvalue weighted by Gasteiger charge is -2.30. The summed E-state index contributed by atoms with van der Waals surface area (Å²) in [5.41, 5.74) is 10.2. The maximum atomic E-state index is 12.2. The SMILES string of the molecule is COCCOC1CCC(n2cc(I)c3c(C(N)=O)cc(-c4cncs4)cc32)CC1. The lowest BCUT2D eigenvalue weighted by Crippen LogP contribution is -2.24. The van der Waals surface area contributed by atoms with Gasteiger partial charge in [0.05, 0.1) is 40.8 Å². The van der Waals surface area contributed by atoms with Gasteiger partial charge in [-0.25, -0.2) is 0 Å². The second-order valence-corrected chi connectivity index (χ2v) is 9.37. The molecule has 0 spiro atoms. The number of ether oxygens (including phenoxy) is 2. The van der Waals surface area contributed by atoms with E-state index in [4.69, 9.17) is 15.2 Å². The molecule has 1 amide bonds. The highest BCUT2D eigenvalue weighted by atomic mass is 127. The molecule has 1 saturated carbocycles. The number of hydrogen-bond acceptors (Lipinski definition) is 5. The average molecular weight is 525 g/mol. The van der Waals surface area contributed by atoms with E-state index in [1.54, 1.807) is 24.0 Å². The Morgan fingerprint density at radius 3 is 2.76 bits per heavy atom. The van der Waals surface area contributed by atoms with Crippen molar-refractivity contribution in [1.29, 1.82) is 0 Å². The lowest BCUT2D eigenvalue weighted by atomic mass is 9.92. The molecule has 0 aliphatic heterocycles. The van der Waals surface area contributed by atoms with Crippen molar-refractivity contribution < 1.29 is 14.3 Å². The predicted octanol–water partition coefficient (Wildman–Crippen LogP) is 4.62. The van der Waals surface area contributed by atoms with Crippen LogP contribution in [0.15, 0.2) is 30.0 Å². The van der Waals surface area contributed by atoms with Crippen LogP contribution >= 0.6 is 33.9 Å². The van der Waals surface area contributed by atoms with Gasteiger partial charge >= 0.3 is 0 Å². The van der Waals surface area contributed by atoms with E-state index < -0.39 is 5.91 Å². The number of aromatic nitrogens is 2. The second-order valence-electron chi connectivity index (χ2n) is 7.33. The highest BCUT2D eigenvalue weighted by Gasteiger charge is 2.26. The summed E-state index contributed by atoms with van der Waals surface area (Å²) in [4.78, 5) is 17.4. The van der Waals surface area contributed by atoms with Crippen LogP contribution in [0.2, 0.25) is 0 Å². The normalized spacial score (nSPS) is 19.7. The third-order valence-electron chi connectivity index (χ3n) is 5.55. The maximum Gasteiger partial charge on any atom is 0.249 e. The van der Waals surface area contributed by atoms with Crippen molar-refractivity contribution in [1.82, 2.24) is 9.55 Å². The minimum atomic E-state index is -0.396. The number of amides is 1. The zero-order valence-electron chi connectivity index (χ0n) is 16.3. The van der Waals surface area contributed by atoms with E-state index in [1.807, 2.05) is 12.3 Å². The summed E-state index contributed by atoms with van der Waals surface area (Å²) in [5, 5.41) is 0.949. The smallest absolute Gasteiger partial charge is 0.249 e. The number of hydrogen-bond donors (Lipinski definition) is 1. The molecule has 2 heterocycles. The predicted molar refractivity (Wildman–Crippen MR) is 123 cm³/mol. The van der Waals surface area contributed by atoms with E-state index in [-0.39, 0.29) is 0 Å². The minimum absolute atomic E-state index is 0.302. The van der Waals surface area contributed by atoms with Gasteiger partial charge in [-0.2, -0.15) is 0 Å². The number of methoxy groups -OCH3 is 1. The highest BCUT2D eigenvalue weighted by Crippen LogP contribution is 2.38. The van der Waals surface area contributed by atoms with E-state index in [0.29, 0.717) is 30.9 Å². The lowest BCUT2D eigenvalue weighted by molar-refractivity contribution is -0.00619. The van der Waals surface area contributed by atoms with Crippen molar-refractivity contribution in [2.24, 2.45) is 5.73 Å². The third kappa shape index (κ3) is 4.35. The Hall–Kier alpha value is -1.49. The fourth-order valence-corrected chi connectivity index (χ4v) is 5.60. The molecule has 154 valence electrons. The van der Waals surface area contributed by atoms with E-state index >= 15 is 0 Å². The zero-order chi connectivity index (χ0) is 20.4. The van der Waals surface area contributed by atoms with Gasteiger partial charge in [0.25, 0.3) is 0 Å². The molecule has 29 heavy (non-hydrogen) atoms. The summed E-state index contributed by atoms with van der Waals surface area (Å²) in [6.45, 7) is 1.28. The first-order valence-electron chi connectivity index (χ1n) is 9.71. The van der Waals surface area contributed by atoms with Gasteiger partial charge in [-0.15, -0.1) is 11.3 Å². The second kappa shape index (κ2) is 9.11. The molecule has 1 aliphatic carbocycles. The fourth-order valence-electron chi connectivity index (χ4n) is 4.12. The molecule has 0 bridgehead atoms. The number of halogens is 1. The molecule has 1 aromatic carbocycles. The van der Waals surface area contributed by atoms with Crippen molar-refractivity contribution in [2.45, 2.75) is 37.8 Å². The number of thiazole rings is 1. The van der Waals surface area contributed by atoms with E-state index in [0.717, 1.165) is 50.6 Å². The molecule has 8 heteroatoms. The van der Waals surface area contributed by atoms with Gasteiger partial charge in [0.1, 0.15) is 0 Å². The van der Waals surface area contributed by atoms with Gasteiger partial charge in [-0.3, -0.25) is 9.78 Å². The van der Waals surface area contributed by atoms with Crippen LogP contribution in [0.4, 0.5) is 0 Å². The topological polar surface area (TPSA) is 79.4 Å². The van der Waals surface area contributed by atoms with Crippen LogP contribution in [0, 0.1) is 3.57 Å². The number of fused-ring (bicyclic) bond motifs is 1. The van der Waals surface area contributed by atoms with Crippen molar-refractivity contribution >= 4 is 50.7 Å². The van der Waals surface area contributed by atoms with Gasteiger partial charge in [0.15, 0.2) is 0 Å². The van der Waals surface area contributed by atoms with Crippen molar-refractivity contribution in [3.63, 3.8) is 0 Å². The summed E-state index contributed by atoms with van der Waals surface area (Å²) < 4.78 is 14.4. The van der Waals surface area contributed by atoms with Crippen molar-refractivity contribution in [2.75, 3.05) is 20.3 Å². The van der Waals surface area contributed by atoms with Crippen LogP contribution in [-0.4, -0.2) is 41.9 Å². The Bertz CT molecular complexity index is 994. The summed E-state index contributed by atoms with van der Waals surface area (Å²) in [6, 6.07) is 4.45. The van der Waals surface area contributed by atoms with E-state index in [2.05, 4.69) is 44.4 Å². The van der Waals surface area contributed by atoms with Crippen LogP contribution in [0.1, 0.15) is 42.1 Å². The van der Waals surface area contributed by atoms with Crippen LogP contribution in [0.3, 0.4) is 0 Å². The molecule has 0 radical (unpaired) electrons. The minimum Gasteiger partial charge on any atom is -0.382 e. The molecule has 6 nitrogen and oxygen atoms in total. The molecule has 0 atom stereocenters. The number of nitrogens with two attached hydrogens (primary N) is 1. The van der Waals surface area contributed by atoms with Crippen LogP contribution in [0.5, 0.6) is 0 Å². The Kier molecular flexibility index (Phi) is 6.53. The van der Waals surface area contributed by atoms with Crippen LogP contribution in [-0.2, 0) is 9.47 Å². The zero-order valence-corrected chi connectivity index (χ0v) is 19.2. The first-order chi connectivity index (χ1) is 14.1. The summed E-state index contributed by atoms with van der Waals surface area (Å²) in [6.07, 6.45) is 8.45. The highest BCUT2D eigenvalue weighted by molar-refractivity contribution is 14.1. The van der Waals surface area contributed by atoms with E-state index in [1.165, 1.54) is 0 Å². The Morgan fingerprint density at radius 1 is 1.31 bits per heavy atom. The van der Waals surface area contributed by atoms with Gasteiger partial charge in [0.2, 0.25) is 5.91 Å². The van der Waals surface area contributed by atoms with Gasteiger partial charge < -0.3 is 19.8 Å². The molecular weight excluding hydrogens is 501 g/mol. The molecule has 0 unspecified atom stereocenters. The summed E-state index contributed by atoms with van der Waals surface area (Å²) in [5.74, 6) is -0.396. The monoisotopic (exact) mass is 525 g/mol. The number of nitrogens with zero attached hydrogens (tertiary/aromatic N) is 2. The quantitative estimate of drug-likeness (QED) is 0.361. The average Bonchev–Trinajstić information content (AvgIpc) is 3.37. The molecule has 0 saturated heterocycles. The molecule has 4 rings (SSSR count). The van der Waals surface area contributed by atoms with E-state index in [9.17, 15) is 4.79 Å². The van der Waals surface area contributed by atoms with Gasteiger partial charge in [0, 0.05) is 34.5 Å². The van der Waals surface area contributed by atoms with Gasteiger partial charge in [-0.1, -0.05) is 0 Å². The van der Waals surface area contributed by atoms with Gasteiger partial charge in [-0.05, 0) is 66.0 Å². The largest absolute Gasteiger partial charge is 0.382 e. The fraction of sp³-hybridized carbons (Fsp3) is 0.429. The number of rotatable bonds is 7. The van der Waals surface area contributed by atoms with Crippen LogP contribution < -0.4 is 5.73 Å². The number of carbonyl (C=O) groups excluding carboxylic acids is 1. The van der Waals surface area contributed by atoms with Crippen molar-refractivity contribution in [3.05, 3.63) is 39.2 Å². The first kappa shape index (κ1) is 20.8. The molecule has 2 N–H and O–H groups in total. The molecule has 1 fully saturated rings. The third-order valence-corrected chi connectivity index (χ3v) is 7.19. The molecule has 2 aromatic heterocycles. The Morgan fingerprint density at radius 2 is 2.10 bits per heavy atom. The number of benzene rings is 1. The number of primary amides is 1. The van der Waals surface area contributed by atoms with Crippen LogP contribution in [0.25, 0.3) is 21.3 Å². The van der Waals surface area contributed by atoms with Crippen molar-refractivity contribution in [3.8, 4) is 10.4 Å². The summed E-state index contributed by atoms with van der Waals surface area (Å²) in [7, 11) is 1.69. The first-order valence-corrected chi connectivity index (χ1v) is 11.7. The number of carbonyl (C=O) groups is 1. The summed E-state index contributed by atoms with van der Waals surface area (Å²) >= 11 is 3.87. The maximum absolute atomic E-state index is 12.2. The molecule has 1 aliphatic rings. The molecule has 3 aromatic rings. The Balaban J connectivity index is 1.66. The molecular formula is C21H24IN3O3S. The Labute approximate surface area is 187 Å². The standard InChI is InChI=1S/C21H24IN3O3S/c1-27-6-7-28-15-4-2-14(3-5-15)25-11-17(22)20-16(21(23)26)8-13(9-18(20)25)19-10-24-12-29-19/h8-12,14-15H,2-7H2,1H3,(H2,23,26).